The molecule has 0 spiro atoms. The molecule has 0 bridgehead atoms. The van der Waals surface area contributed by atoms with Crippen LogP contribution in [-0.4, -0.2) is 50.5 Å². The predicted octanol–water partition coefficient (Wildman–Crippen LogP) is 3.26. The number of benzene rings is 2. The summed E-state index contributed by atoms with van der Waals surface area (Å²) in [4.78, 5) is 27.7. The van der Waals surface area contributed by atoms with E-state index < -0.39 is 28.5 Å². The summed E-state index contributed by atoms with van der Waals surface area (Å²) in [5.74, 6) is -0.452. The average Bonchev–Trinajstić information content (AvgIpc) is 2.74. The third kappa shape index (κ3) is 7.60. The van der Waals surface area contributed by atoms with Crippen molar-refractivity contribution in [3.63, 3.8) is 0 Å². The lowest BCUT2D eigenvalue weighted by Crippen LogP contribution is -2.51. The summed E-state index contributed by atoms with van der Waals surface area (Å²) in [6.45, 7) is 9.72. The van der Waals surface area contributed by atoms with Crippen molar-refractivity contribution in [2.45, 2.75) is 47.2 Å². The van der Waals surface area contributed by atoms with Gasteiger partial charge in [-0.15, -0.1) is 0 Å². The first-order chi connectivity index (χ1) is 15.4. The molecule has 0 saturated carbocycles. The summed E-state index contributed by atoms with van der Waals surface area (Å²) in [7, 11) is -3.73. The van der Waals surface area contributed by atoms with E-state index in [1.165, 1.54) is 4.90 Å². The van der Waals surface area contributed by atoms with Gasteiger partial charge in [-0.2, -0.15) is 0 Å². The van der Waals surface area contributed by atoms with E-state index in [-0.39, 0.29) is 18.4 Å². The number of rotatable bonds is 10. The Morgan fingerprint density at radius 1 is 0.970 bits per heavy atom. The van der Waals surface area contributed by atoms with Gasteiger partial charge in [-0.3, -0.25) is 13.9 Å². The van der Waals surface area contributed by atoms with E-state index in [2.05, 4.69) is 5.32 Å². The zero-order valence-electron chi connectivity index (χ0n) is 20.3. The van der Waals surface area contributed by atoms with Crippen LogP contribution >= 0.6 is 0 Å². The molecule has 0 aliphatic rings. The molecule has 1 atom stereocenters. The van der Waals surface area contributed by atoms with Gasteiger partial charge in [-0.05, 0) is 43.9 Å². The fourth-order valence-electron chi connectivity index (χ4n) is 3.36. The molecule has 33 heavy (non-hydrogen) atoms. The summed E-state index contributed by atoms with van der Waals surface area (Å²) < 4.78 is 26.3. The highest BCUT2D eigenvalue weighted by Crippen LogP contribution is 2.23. The number of amides is 2. The SMILES string of the molecule is Cc1ccc(CN(C(=O)CN(c2ccccc2C)S(C)(=O)=O)[C@@H](C)C(=O)NCC(C)C)cc1. The van der Waals surface area contributed by atoms with E-state index in [0.717, 1.165) is 27.3 Å². The van der Waals surface area contributed by atoms with Crippen LogP contribution < -0.4 is 9.62 Å². The molecule has 8 heteroatoms. The Morgan fingerprint density at radius 3 is 2.12 bits per heavy atom. The van der Waals surface area contributed by atoms with Gasteiger partial charge < -0.3 is 10.2 Å². The van der Waals surface area contributed by atoms with E-state index in [4.69, 9.17) is 0 Å². The minimum absolute atomic E-state index is 0.195. The molecule has 7 nitrogen and oxygen atoms in total. The molecule has 0 unspecified atom stereocenters. The standard InChI is InChI=1S/C25H35N3O4S/c1-18(2)15-26-25(30)21(5)27(16-22-13-11-19(3)12-14-22)24(29)17-28(33(6,31)32)23-10-8-7-9-20(23)4/h7-14,18,21H,15-17H2,1-6H3,(H,26,30)/t21-/m0/s1. The van der Waals surface area contributed by atoms with Gasteiger partial charge >= 0.3 is 0 Å². The van der Waals surface area contributed by atoms with Gasteiger partial charge in [0.15, 0.2) is 0 Å². The third-order valence-electron chi connectivity index (χ3n) is 5.39. The van der Waals surface area contributed by atoms with Crippen LogP contribution in [0.4, 0.5) is 5.69 Å². The van der Waals surface area contributed by atoms with Gasteiger partial charge in [0.2, 0.25) is 21.8 Å². The van der Waals surface area contributed by atoms with Crippen LogP contribution in [0.5, 0.6) is 0 Å². The number of anilines is 1. The summed E-state index contributed by atoms with van der Waals surface area (Å²) >= 11 is 0. The molecule has 1 N–H and O–H groups in total. The number of hydrogen-bond acceptors (Lipinski definition) is 4. The summed E-state index contributed by atoms with van der Waals surface area (Å²) in [6, 6.07) is 13.9. The van der Waals surface area contributed by atoms with Gasteiger partial charge in [-0.1, -0.05) is 61.9 Å². The maximum Gasteiger partial charge on any atom is 0.244 e. The van der Waals surface area contributed by atoms with Crippen molar-refractivity contribution in [2.75, 3.05) is 23.7 Å². The maximum absolute atomic E-state index is 13.5. The molecule has 0 fully saturated rings. The second-order valence-electron chi connectivity index (χ2n) is 8.88. The molecule has 2 aromatic rings. The number of nitrogens with one attached hydrogen (secondary N) is 1. The minimum Gasteiger partial charge on any atom is -0.354 e. The van der Waals surface area contributed by atoms with Gasteiger partial charge in [-0.25, -0.2) is 8.42 Å². The molecular formula is C25H35N3O4S. The number of para-hydroxylation sites is 1. The van der Waals surface area contributed by atoms with Crippen LogP contribution in [0.15, 0.2) is 48.5 Å². The maximum atomic E-state index is 13.5. The number of aryl methyl sites for hydroxylation is 2. The Bertz CT molecular complexity index is 1070. The highest BCUT2D eigenvalue weighted by atomic mass is 32.2. The Hall–Kier alpha value is -2.87. The third-order valence-corrected chi connectivity index (χ3v) is 6.52. The van der Waals surface area contributed by atoms with Crippen LogP contribution in [0.2, 0.25) is 0 Å². The summed E-state index contributed by atoms with van der Waals surface area (Å²) in [5, 5.41) is 2.87. The largest absolute Gasteiger partial charge is 0.354 e. The second kappa shape index (κ2) is 11.3. The normalized spacial score (nSPS) is 12.3. The lowest BCUT2D eigenvalue weighted by atomic mass is 10.1. The lowest BCUT2D eigenvalue weighted by molar-refractivity contribution is -0.139. The topological polar surface area (TPSA) is 86.8 Å². The Labute approximate surface area is 197 Å². The summed E-state index contributed by atoms with van der Waals surface area (Å²) in [6.07, 6.45) is 1.08. The first-order valence-electron chi connectivity index (χ1n) is 11.1. The highest BCUT2D eigenvalue weighted by molar-refractivity contribution is 7.92. The van der Waals surface area contributed by atoms with E-state index in [1.807, 2.05) is 51.1 Å². The Balaban J connectivity index is 2.36. The number of hydrogen-bond donors (Lipinski definition) is 1. The molecule has 0 aliphatic heterocycles. The first kappa shape index (κ1) is 26.4. The fraction of sp³-hybridized carbons (Fsp3) is 0.440. The molecule has 0 radical (unpaired) electrons. The van der Waals surface area contributed by atoms with Crippen molar-refractivity contribution in [2.24, 2.45) is 5.92 Å². The monoisotopic (exact) mass is 473 g/mol. The number of carbonyl (C=O) groups is 2. The molecule has 0 heterocycles. The number of carbonyl (C=O) groups excluding carboxylic acids is 2. The fourth-order valence-corrected chi connectivity index (χ4v) is 4.27. The molecule has 0 aliphatic carbocycles. The quantitative estimate of drug-likeness (QED) is 0.574. The van der Waals surface area contributed by atoms with Crippen molar-refractivity contribution in [3.05, 3.63) is 65.2 Å². The minimum atomic E-state index is -3.73. The predicted molar refractivity (Wildman–Crippen MR) is 132 cm³/mol. The number of sulfonamides is 1. The van der Waals surface area contributed by atoms with E-state index in [1.54, 1.807) is 32.0 Å². The van der Waals surface area contributed by atoms with Crippen molar-refractivity contribution in [1.29, 1.82) is 0 Å². The Kier molecular flexibility index (Phi) is 9.05. The van der Waals surface area contributed by atoms with Crippen molar-refractivity contribution < 1.29 is 18.0 Å². The summed E-state index contributed by atoms with van der Waals surface area (Å²) in [5.41, 5.74) is 3.13. The van der Waals surface area contributed by atoms with Crippen LogP contribution in [0, 0.1) is 19.8 Å². The van der Waals surface area contributed by atoms with Crippen LogP contribution in [-0.2, 0) is 26.2 Å². The zero-order valence-corrected chi connectivity index (χ0v) is 21.1. The Morgan fingerprint density at radius 2 is 1.58 bits per heavy atom. The van der Waals surface area contributed by atoms with Crippen molar-refractivity contribution in [1.82, 2.24) is 10.2 Å². The van der Waals surface area contributed by atoms with Gasteiger partial charge in [0.25, 0.3) is 0 Å². The van der Waals surface area contributed by atoms with E-state index in [0.29, 0.717) is 12.2 Å². The molecule has 2 aromatic carbocycles. The molecule has 2 rings (SSSR count). The second-order valence-corrected chi connectivity index (χ2v) is 10.8. The van der Waals surface area contributed by atoms with Crippen LogP contribution in [0.1, 0.15) is 37.5 Å². The number of nitrogens with zero attached hydrogens (tertiary/aromatic N) is 2. The van der Waals surface area contributed by atoms with Crippen LogP contribution in [0.3, 0.4) is 0 Å². The molecule has 2 amide bonds. The molecule has 0 aromatic heterocycles. The smallest absolute Gasteiger partial charge is 0.244 e. The first-order valence-corrected chi connectivity index (χ1v) is 12.9. The van der Waals surface area contributed by atoms with Crippen molar-refractivity contribution >= 4 is 27.5 Å². The van der Waals surface area contributed by atoms with Gasteiger partial charge in [0.05, 0.1) is 11.9 Å². The zero-order chi connectivity index (χ0) is 24.8. The average molecular weight is 474 g/mol. The van der Waals surface area contributed by atoms with Gasteiger partial charge in [0, 0.05) is 13.1 Å². The van der Waals surface area contributed by atoms with E-state index >= 15 is 0 Å². The molecule has 0 saturated heterocycles. The van der Waals surface area contributed by atoms with Crippen molar-refractivity contribution in [3.8, 4) is 0 Å². The highest BCUT2D eigenvalue weighted by Gasteiger charge is 2.30. The van der Waals surface area contributed by atoms with Gasteiger partial charge in [0.1, 0.15) is 12.6 Å². The van der Waals surface area contributed by atoms with Crippen LogP contribution in [0.25, 0.3) is 0 Å². The lowest BCUT2D eigenvalue weighted by Gasteiger charge is -2.32. The molecular weight excluding hydrogens is 438 g/mol. The van der Waals surface area contributed by atoms with E-state index in [9.17, 15) is 18.0 Å². The molecule has 180 valence electrons.